The van der Waals surface area contributed by atoms with E-state index < -0.39 is 34.1 Å². The van der Waals surface area contributed by atoms with Crippen LogP contribution in [0.3, 0.4) is 0 Å². The Bertz CT molecular complexity index is 1020. The molecule has 4 nitrogen and oxygen atoms in total. The number of imidazole rings is 1. The van der Waals surface area contributed by atoms with Gasteiger partial charge in [0.05, 0.1) is 10.6 Å². The molecule has 0 saturated carbocycles. The minimum absolute atomic E-state index is 0.200. The van der Waals surface area contributed by atoms with Crippen molar-refractivity contribution in [3.8, 4) is 11.3 Å². The summed E-state index contributed by atoms with van der Waals surface area (Å²) in [7, 11) is 0. The van der Waals surface area contributed by atoms with E-state index in [1.54, 1.807) is 6.07 Å². The Balaban J connectivity index is 2.38. The molecule has 0 spiro atoms. The third kappa shape index (κ3) is 3.09. The van der Waals surface area contributed by atoms with Gasteiger partial charge in [0.15, 0.2) is 5.82 Å². The average molecular weight is 437 g/mol. The van der Waals surface area contributed by atoms with Crippen LogP contribution in [0.1, 0.15) is 16.1 Å². The molecule has 3 aromatic rings. The predicted molar refractivity (Wildman–Crippen MR) is 86.8 cm³/mol. The number of pyridine rings is 1. The van der Waals surface area contributed by atoms with Gasteiger partial charge in [0.25, 0.3) is 5.91 Å². The Hall–Kier alpha value is -2.13. The number of benzene rings is 1. The zero-order valence-corrected chi connectivity index (χ0v) is 14.4. The smallest absolute Gasteiger partial charge is 0.364 e. The summed E-state index contributed by atoms with van der Waals surface area (Å²) in [6.07, 6.45) is -3.32. The standard InChI is InChI=1S/C15H7BrClF4N3O/c16-7-1-2-24-10(5-7)23-12(13(24)14(22)25)8-3-6(15(19,20)21)4-9(17)11(8)18/h1-5H,(H2,22,25). The molecule has 2 heterocycles. The lowest BCUT2D eigenvalue weighted by Gasteiger charge is -2.11. The number of hydrogen-bond acceptors (Lipinski definition) is 2. The maximum absolute atomic E-state index is 14.4. The first-order valence-corrected chi connectivity index (χ1v) is 7.80. The van der Waals surface area contributed by atoms with E-state index >= 15 is 0 Å². The molecule has 0 fully saturated rings. The van der Waals surface area contributed by atoms with Gasteiger partial charge in [0.2, 0.25) is 0 Å². The highest BCUT2D eigenvalue weighted by Crippen LogP contribution is 2.38. The second-order valence-electron chi connectivity index (χ2n) is 5.06. The number of hydrogen-bond donors (Lipinski definition) is 1. The van der Waals surface area contributed by atoms with Crippen molar-refractivity contribution in [1.82, 2.24) is 9.38 Å². The fourth-order valence-corrected chi connectivity index (χ4v) is 2.91. The largest absolute Gasteiger partial charge is 0.416 e. The van der Waals surface area contributed by atoms with Gasteiger partial charge in [-0.2, -0.15) is 13.2 Å². The van der Waals surface area contributed by atoms with E-state index in [9.17, 15) is 22.4 Å². The summed E-state index contributed by atoms with van der Waals surface area (Å²) >= 11 is 8.81. The van der Waals surface area contributed by atoms with Gasteiger partial charge < -0.3 is 5.73 Å². The van der Waals surface area contributed by atoms with Crippen LogP contribution in [-0.2, 0) is 6.18 Å². The highest BCUT2D eigenvalue weighted by atomic mass is 79.9. The van der Waals surface area contributed by atoms with Gasteiger partial charge in [-0.3, -0.25) is 9.20 Å². The molecule has 0 saturated heterocycles. The van der Waals surface area contributed by atoms with Crippen molar-refractivity contribution >= 4 is 39.1 Å². The maximum atomic E-state index is 14.4. The van der Waals surface area contributed by atoms with Crippen molar-refractivity contribution in [2.24, 2.45) is 5.73 Å². The third-order valence-corrected chi connectivity index (χ3v) is 4.20. The minimum Gasteiger partial charge on any atom is -0.364 e. The van der Waals surface area contributed by atoms with Gasteiger partial charge in [-0.05, 0) is 24.3 Å². The number of alkyl halides is 3. The second-order valence-corrected chi connectivity index (χ2v) is 6.39. The van der Waals surface area contributed by atoms with E-state index in [2.05, 4.69) is 20.9 Å². The van der Waals surface area contributed by atoms with Crippen molar-refractivity contribution in [2.45, 2.75) is 6.18 Å². The Morgan fingerprint density at radius 1 is 1.28 bits per heavy atom. The quantitative estimate of drug-likeness (QED) is 0.593. The van der Waals surface area contributed by atoms with Gasteiger partial charge in [-0.1, -0.05) is 27.5 Å². The Morgan fingerprint density at radius 3 is 2.56 bits per heavy atom. The molecule has 0 bridgehead atoms. The number of carbonyl (C=O) groups is 1. The minimum atomic E-state index is -4.75. The highest BCUT2D eigenvalue weighted by Gasteiger charge is 2.33. The number of halogens is 6. The average Bonchev–Trinajstić information content (AvgIpc) is 2.86. The van der Waals surface area contributed by atoms with Crippen molar-refractivity contribution in [3.63, 3.8) is 0 Å². The first kappa shape index (κ1) is 17.7. The van der Waals surface area contributed by atoms with Crippen LogP contribution in [0.15, 0.2) is 34.9 Å². The van der Waals surface area contributed by atoms with Crippen LogP contribution >= 0.6 is 27.5 Å². The number of rotatable bonds is 2. The van der Waals surface area contributed by atoms with Crippen LogP contribution in [0.25, 0.3) is 16.9 Å². The summed E-state index contributed by atoms with van der Waals surface area (Å²) in [6, 6.07) is 4.09. The van der Waals surface area contributed by atoms with E-state index in [1.807, 2.05) is 0 Å². The lowest BCUT2D eigenvalue weighted by molar-refractivity contribution is -0.137. The van der Waals surface area contributed by atoms with Crippen molar-refractivity contribution in [2.75, 3.05) is 0 Å². The zero-order valence-electron chi connectivity index (χ0n) is 12.0. The van der Waals surface area contributed by atoms with Crippen molar-refractivity contribution in [1.29, 1.82) is 0 Å². The molecule has 0 aliphatic heterocycles. The highest BCUT2D eigenvalue weighted by molar-refractivity contribution is 9.10. The summed E-state index contributed by atoms with van der Waals surface area (Å²) in [6.45, 7) is 0. The Kier molecular flexibility index (Phi) is 4.24. The molecule has 0 aliphatic rings. The van der Waals surface area contributed by atoms with Crippen LogP contribution in [-0.4, -0.2) is 15.3 Å². The third-order valence-electron chi connectivity index (χ3n) is 3.43. The second kappa shape index (κ2) is 5.99. The Labute approximate surface area is 151 Å². The van der Waals surface area contributed by atoms with Gasteiger partial charge in [0, 0.05) is 16.2 Å². The van der Waals surface area contributed by atoms with Crippen molar-refractivity contribution in [3.05, 3.63) is 57.0 Å². The lowest BCUT2D eigenvalue weighted by atomic mass is 10.0. The first-order valence-electron chi connectivity index (χ1n) is 6.63. The van der Waals surface area contributed by atoms with E-state index in [0.717, 1.165) is 0 Å². The number of aromatic nitrogens is 2. The molecule has 1 aromatic carbocycles. The molecular weight excluding hydrogens is 430 g/mol. The van der Waals surface area contributed by atoms with Gasteiger partial charge >= 0.3 is 6.18 Å². The van der Waals surface area contributed by atoms with Crippen LogP contribution in [0, 0.1) is 5.82 Å². The molecule has 2 N–H and O–H groups in total. The molecule has 0 radical (unpaired) electrons. The molecule has 1 amide bonds. The van der Waals surface area contributed by atoms with Crippen LogP contribution < -0.4 is 5.73 Å². The van der Waals surface area contributed by atoms with E-state index in [0.29, 0.717) is 16.6 Å². The van der Waals surface area contributed by atoms with Crippen LogP contribution in [0.4, 0.5) is 17.6 Å². The van der Waals surface area contributed by atoms with Crippen molar-refractivity contribution < 1.29 is 22.4 Å². The number of nitrogens with two attached hydrogens (primary N) is 1. The number of carbonyl (C=O) groups excluding carboxylic acids is 1. The summed E-state index contributed by atoms with van der Waals surface area (Å²) in [5.41, 5.74) is 3.22. The first-order chi connectivity index (χ1) is 11.6. The number of nitrogens with zero attached hydrogens (tertiary/aromatic N) is 2. The van der Waals surface area contributed by atoms with E-state index in [4.69, 9.17) is 17.3 Å². The summed E-state index contributed by atoms with van der Waals surface area (Å²) in [5.74, 6) is -2.10. The summed E-state index contributed by atoms with van der Waals surface area (Å²) < 4.78 is 55.3. The van der Waals surface area contributed by atoms with E-state index in [-0.39, 0.29) is 17.0 Å². The molecule has 3 rings (SSSR count). The summed E-state index contributed by atoms with van der Waals surface area (Å²) in [5, 5.41) is -0.738. The molecular formula is C15H7BrClF4N3O. The molecule has 2 aromatic heterocycles. The number of primary amides is 1. The molecule has 0 aliphatic carbocycles. The number of amides is 1. The maximum Gasteiger partial charge on any atom is 0.416 e. The zero-order chi connectivity index (χ0) is 18.5. The van der Waals surface area contributed by atoms with Crippen LogP contribution in [0.2, 0.25) is 5.02 Å². The molecule has 10 heteroatoms. The van der Waals surface area contributed by atoms with E-state index in [1.165, 1.54) is 16.7 Å². The topological polar surface area (TPSA) is 60.4 Å². The molecule has 0 unspecified atom stereocenters. The van der Waals surface area contributed by atoms with Gasteiger partial charge in [-0.25, -0.2) is 9.37 Å². The summed E-state index contributed by atoms with van der Waals surface area (Å²) in [4.78, 5) is 15.9. The molecule has 25 heavy (non-hydrogen) atoms. The monoisotopic (exact) mass is 435 g/mol. The predicted octanol–water partition coefficient (Wildman–Crippen LogP) is 4.67. The Morgan fingerprint density at radius 2 is 1.96 bits per heavy atom. The fraction of sp³-hybridized carbons (Fsp3) is 0.0667. The number of fused-ring (bicyclic) bond motifs is 1. The molecule has 130 valence electrons. The lowest BCUT2D eigenvalue weighted by Crippen LogP contribution is -2.15. The van der Waals surface area contributed by atoms with Gasteiger partial charge in [0.1, 0.15) is 17.0 Å². The SMILES string of the molecule is NC(=O)c1c(-c2cc(C(F)(F)F)cc(Cl)c2F)nc2cc(Br)ccn12. The fourth-order valence-electron chi connectivity index (χ4n) is 2.37. The van der Waals surface area contributed by atoms with Crippen LogP contribution in [0.5, 0.6) is 0 Å². The van der Waals surface area contributed by atoms with Gasteiger partial charge in [-0.15, -0.1) is 0 Å². The molecule has 0 atom stereocenters. The normalized spacial score (nSPS) is 11.9.